The molecule has 90 valence electrons. The lowest BCUT2D eigenvalue weighted by molar-refractivity contribution is 0.772. The van der Waals surface area contributed by atoms with Gasteiger partial charge in [0.05, 0.1) is 16.9 Å². The summed E-state index contributed by atoms with van der Waals surface area (Å²) in [7, 11) is 0. The van der Waals surface area contributed by atoms with Crippen LogP contribution in [0.15, 0.2) is 29.1 Å². The van der Waals surface area contributed by atoms with Crippen LogP contribution in [-0.4, -0.2) is 9.78 Å². The van der Waals surface area contributed by atoms with E-state index in [9.17, 15) is 4.79 Å². The van der Waals surface area contributed by atoms with Crippen LogP contribution >= 0.6 is 11.6 Å². The molecule has 0 fully saturated rings. The summed E-state index contributed by atoms with van der Waals surface area (Å²) in [6.07, 6.45) is 0. The quantitative estimate of drug-likeness (QED) is 0.790. The van der Waals surface area contributed by atoms with Crippen molar-refractivity contribution in [2.24, 2.45) is 0 Å². The number of aromatic nitrogens is 2. The number of hydrogen-bond donors (Lipinski definition) is 0. The fourth-order valence-corrected chi connectivity index (χ4v) is 1.83. The van der Waals surface area contributed by atoms with Gasteiger partial charge in [0.2, 0.25) is 0 Å². The summed E-state index contributed by atoms with van der Waals surface area (Å²) in [5.74, 6) is 0. The van der Waals surface area contributed by atoms with Crippen molar-refractivity contribution in [3.05, 3.63) is 56.5 Å². The van der Waals surface area contributed by atoms with Gasteiger partial charge in [-0.25, -0.2) is 0 Å². The summed E-state index contributed by atoms with van der Waals surface area (Å²) in [5.41, 5.74) is 1.61. The van der Waals surface area contributed by atoms with Gasteiger partial charge in [-0.3, -0.25) is 4.79 Å². The van der Waals surface area contributed by atoms with Gasteiger partial charge in [-0.2, -0.15) is 15.0 Å². The van der Waals surface area contributed by atoms with Gasteiger partial charge >= 0.3 is 0 Å². The van der Waals surface area contributed by atoms with E-state index in [1.54, 1.807) is 38.1 Å². The van der Waals surface area contributed by atoms with Crippen molar-refractivity contribution >= 4 is 11.6 Å². The van der Waals surface area contributed by atoms with E-state index < -0.39 is 0 Å². The van der Waals surface area contributed by atoms with Crippen molar-refractivity contribution in [2.45, 2.75) is 13.8 Å². The minimum Gasteiger partial charge on any atom is -0.267 e. The molecule has 1 aromatic carbocycles. The lowest BCUT2D eigenvalue weighted by Gasteiger charge is -2.08. The highest BCUT2D eigenvalue weighted by molar-refractivity contribution is 6.30. The molecule has 18 heavy (non-hydrogen) atoms. The molecule has 0 spiro atoms. The zero-order chi connectivity index (χ0) is 13.3. The Morgan fingerprint density at radius 3 is 2.44 bits per heavy atom. The Hall–Kier alpha value is -2.12. The van der Waals surface area contributed by atoms with Crippen molar-refractivity contribution in [3.8, 4) is 11.8 Å². The largest absolute Gasteiger partial charge is 0.275 e. The molecule has 0 saturated carbocycles. The molecule has 0 aliphatic rings. The van der Waals surface area contributed by atoms with Gasteiger partial charge in [0.25, 0.3) is 5.56 Å². The van der Waals surface area contributed by atoms with Crippen LogP contribution in [0.4, 0.5) is 0 Å². The van der Waals surface area contributed by atoms with Gasteiger partial charge in [0, 0.05) is 10.6 Å². The normalized spacial score (nSPS) is 10.1. The average molecular weight is 260 g/mol. The summed E-state index contributed by atoms with van der Waals surface area (Å²) in [6.45, 7) is 3.33. The molecular formula is C13H10ClN3O. The van der Waals surface area contributed by atoms with Crippen LogP contribution in [-0.2, 0) is 0 Å². The van der Waals surface area contributed by atoms with Crippen LogP contribution in [0.5, 0.6) is 0 Å². The smallest absolute Gasteiger partial charge is 0.267 e. The van der Waals surface area contributed by atoms with Gasteiger partial charge in [-0.15, -0.1) is 0 Å². The van der Waals surface area contributed by atoms with Gasteiger partial charge in [0.15, 0.2) is 0 Å². The Labute approximate surface area is 109 Å². The van der Waals surface area contributed by atoms with Crippen LogP contribution in [0.3, 0.4) is 0 Å². The molecule has 5 heteroatoms. The first kappa shape index (κ1) is 12.3. The second-order valence-corrected chi connectivity index (χ2v) is 4.33. The van der Waals surface area contributed by atoms with Crippen molar-refractivity contribution in [1.82, 2.24) is 9.78 Å². The summed E-state index contributed by atoms with van der Waals surface area (Å²) >= 11 is 5.80. The van der Waals surface area contributed by atoms with E-state index in [0.29, 0.717) is 27.5 Å². The molecule has 0 bridgehead atoms. The Kier molecular flexibility index (Phi) is 3.17. The highest BCUT2D eigenvalue weighted by Crippen LogP contribution is 2.13. The Morgan fingerprint density at radius 1 is 1.28 bits per heavy atom. The van der Waals surface area contributed by atoms with Gasteiger partial charge < -0.3 is 0 Å². The first-order valence-corrected chi connectivity index (χ1v) is 5.69. The average Bonchev–Trinajstić information content (AvgIpc) is 2.36. The molecule has 0 amide bonds. The topological polar surface area (TPSA) is 58.7 Å². The lowest BCUT2D eigenvalue weighted by atomic mass is 10.1. The Morgan fingerprint density at radius 2 is 1.89 bits per heavy atom. The number of hydrogen-bond acceptors (Lipinski definition) is 3. The highest BCUT2D eigenvalue weighted by Gasteiger charge is 2.11. The van der Waals surface area contributed by atoms with Crippen LogP contribution in [0.25, 0.3) is 5.69 Å². The van der Waals surface area contributed by atoms with E-state index in [1.807, 2.05) is 6.07 Å². The van der Waals surface area contributed by atoms with Gasteiger partial charge in [0.1, 0.15) is 6.07 Å². The molecule has 1 aromatic heterocycles. The first-order valence-electron chi connectivity index (χ1n) is 5.31. The molecule has 0 N–H and O–H groups in total. The molecule has 4 nitrogen and oxygen atoms in total. The first-order chi connectivity index (χ1) is 8.54. The molecule has 1 heterocycles. The number of nitriles is 1. The third-order valence-corrected chi connectivity index (χ3v) is 2.93. The third kappa shape index (κ3) is 2.01. The predicted molar refractivity (Wildman–Crippen MR) is 69.0 cm³/mol. The second-order valence-electron chi connectivity index (χ2n) is 3.89. The molecular weight excluding hydrogens is 250 g/mol. The number of aryl methyl sites for hydroxylation is 1. The molecule has 0 aliphatic carbocycles. The molecule has 0 radical (unpaired) electrons. The van der Waals surface area contributed by atoms with E-state index in [4.69, 9.17) is 16.9 Å². The zero-order valence-corrected chi connectivity index (χ0v) is 10.7. The van der Waals surface area contributed by atoms with E-state index in [0.717, 1.165) is 0 Å². The SMILES string of the molecule is Cc1nn(-c2ccc(Cl)cc2)c(=O)c(C)c1C#N. The summed E-state index contributed by atoms with van der Waals surface area (Å²) in [6, 6.07) is 8.79. The van der Waals surface area contributed by atoms with Crippen LogP contribution < -0.4 is 5.56 Å². The Bertz CT molecular complexity index is 696. The monoisotopic (exact) mass is 259 g/mol. The van der Waals surface area contributed by atoms with E-state index in [-0.39, 0.29) is 5.56 Å². The third-order valence-electron chi connectivity index (χ3n) is 2.68. The van der Waals surface area contributed by atoms with E-state index in [2.05, 4.69) is 5.10 Å². The zero-order valence-electron chi connectivity index (χ0n) is 9.94. The second kappa shape index (κ2) is 4.63. The Balaban J connectivity index is 2.71. The number of benzene rings is 1. The standard InChI is InChI=1S/C13H10ClN3O/c1-8-12(7-15)9(2)16-17(13(8)18)11-5-3-10(14)4-6-11/h3-6H,1-2H3. The van der Waals surface area contributed by atoms with Crippen LogP contribution in [0.2, 0.25) is 5.02 Å². The lowest BCUT2D eigenvalue weighted by Crippen LogP contribution is -2.25. The van der Waals surface area contributed by atoms with Crippen LogP contribution in [0.1, 0.15) is 16.8 Å². The van der Waals surface area contributed by atoms with Gasteiger partial charge in [-0.05, 0) is 38.1 Å². The maximum absolute atomic E-state index is 12.1. The molecule has 0 atom stereocenters. The minimum absolute atomic E-state index is 0.292. The van der Waals surface area contributed by atoms with Crippen molar-refractivity contribution in [1.29, 1.82) is 5.26 Å². The molecule has 0 unspecified atom stereocenters. The van der Waals surface area contributed by atoms with Crippen molar-refractivity contribution < 1.29 is 0 Å². The summed E-state index contributed by atoms with van der Waals surface area (Å²) in [4.78, 5) is 12.1. The fourth-order valence-electron chi connectivity index (χ4n) is 1.70. The van der Waals surface area contributed by atoms with Crippen molar-refractivity contribution in [3.63, 3.8) is 0 Å². The molecule has 2 rings (SSSR count). The maximum atomic E-state index is 12.1. The van der Waals surface area contributed by atoms with Crippen LogP contribution in [0, 0.1) is 25.2 Å². The molecule has 0 saturated heterocycles. The number of halogens is 1. The van der Waals surface area contributed by atoms with E-state index >= 15 is 0 Å². The maximum Gasteiger partial charge on any atom is 0.275 e. The van der Waals surface area contributed by atoms with Gasteiger partial charge in [-0.1, -0.05) is 11.6 Å². The predicted octanol–water partition coefficient (Wildman–Crippen LogP) is 2.37. The summed E-state index contributed by atoms with van der Waals surface area (Å²) < 4.78 is 1.28. The van der Waals surface area contributed by atoms with Crippen molar-refractivity contribution in [2.75, 3.05) is 0 Å². The highest BCUT2D eigenvalue weighted by atomic mass is 35.5. The summed E-state index contributed by atoms with van der Waals surface area (Å²) in [5, 5.41) is 13.7. The van der Waals surface area contributed by atoms with E-state index in [1.165, 1.54) is 4.68 Å². The number of nitrogens with zero attached hydrogens (tertiary/aromatic N) is 3. The fraction of sp³-hybridized carbons (Fsp3) is 0.154. The minimum atomic E-state index is -0.292. The number of rotatable bonds is 1. The molecule has 0 aliphatic heterocycles. The molecule has 2 aromatic rings.